The fraction of sp³-hybridized carbons (Fsp3) is 0. The van der Waals surface area contributed by atoms with Crippen LogP contribution >= 0.6 is 0 Å². The lowest BCUT2D eigenvalue weighted by molar-refractivity contribution is 0.0952. The van der Waals surface area contributed by atoms with Gasteiger partial charge in [0.05, 0.1) is 11.8 Å². The van der Waals surface area contributed by atoms with Crippen LogP contribution in [0.15, 0.2) is 59.7 Å². The minimum atomic E-state index is -0.576. The van der Waals surface area contributed by atoms with Gasteiger partial charge < -0.3 is 15.3 Å². The molecule has 0 fully saturated rings. The summed E-state index contributed by atoms with van der Waals surface area (Å²) in [5.74, 6) is -0.933. The topological polar surface area (TPSA) is 102 Å². The van der Waals surface area contributed by atoms with Crippen molar-refractivity contribution >= 4 is 22.9 Å². The second kappa shape index (κ2) is 6.29. The van der Waals surface area contributed by atoms with E-state index in [-0.39, 0.29) is 22.8 Å². The minimum absolute atomic E-state index is 0.0743. The Kier molecular flexibility index (Phi) is 4.03. The Morgan fingerprint density at radius 2 is 1.79 bits per heavy atom. The predicted molar refractivity (Wildman–Crippen MR) is 90.4 cm³/mol. The summed E-state index contributed by atoms with van der Waals surface area (Å²) in [5, 5.41) is 34.2. The van der Waals surface area contributed by atoms with Crippen LogP contribution in [0.5, 0.6) is 17.2 Å². The zero-order valence-electron chi connectivity index (χ0n) is 12.5. The molecule has 0 bridgehead atoms. The predicted octanol–water partition coefficient (Wildman–Crippen LogP) is 2.72. The van der Waals surface area contributed by atoms with Crippen LogP contribution in [-0.2, 0) is 0 Å². The van der Waals surface area contributed by atoms with Gasteiger partial charge in [0.1, 0.15) is 17.2 Å². The summed E-state index contributed by atoms with van der Waals surface area (Å²) in [6.45, 7) is 0. The normalized spacial score (nSPS) is 11.0. The van der Waals surface area contributed by atoms with Gasteiger partial charge in [0.15, 0.2) is 0 Å². The molecule has 1 amide bonds. The van der Waals surface area contributed by atoms with Crippen molar-refractivity contribution in [2.75, 3.05) is 0 Å². The van der Waals surface area contributed by atoms with Crippen molar-refractivity contribution in [2.45, 2.75) is 0 Å². The van der Waals surface area contributed by atoms with Crippen molar-refractivity contribution in [1.29, 1.82) is 0 Å². The fourth-order valence-corrected chi connectivity index (χ4v) is 2.30. The van der Waals surface area contributed by atoms with Gasteiger partial charge in [0.25, 0.3) is 5.91 Å². The smallest absolute Gasteiger partial charge is 0.275 e. The average Bonchev–Trinajstić information content (AvgIpc) is 2.57. The maximum Gasteiger partial charge on any atom is 0.275 e. The fourth-order valence-electron chi connectivity index (χ4n) is 2.30. The highest BCUT2D eigenvalue weighted by atomic mass is 16.3. The second-order valence-electron chi connectivity index (χ2n) is 5.13. The van der Waals surface area contributed by atoms with Gasteiger partial charge in [-0.15, -0.1) is 0 Å². The number of hydrazone groups is 1. The number of aromatic hydroxyl groups is 3. The first-order valence-electron chi connectivity index (χ1n) is 7.12. The molecule has 0 atom stereocenters. The van der Waals surface area contributed by atoms with Gasteiger partial charge in [0, 0.05) is 17.0 Å². The molecule has 6 heteroatoms. The molecular formula is C18H14N2O4. The molecule has 0 spiro atoms. The molecular weight excluding hydrogens is 308 g/mol. The zero-order valence-corrected chi connectivity index (χ0v) is 12.5. The lowest BCUT2D eigenvalue weighted by Crippen LogP contribution is -2.17. The van der Waals surface area contributed by atoms with Crippen LogP contribution in [0.3, 0.4) is 0 Å². The van der Waals surface area contributed by atoms with E-state index in [1.165, 1.54) is 30.5 Å². The molecule has 0 aliphatic carbocycles. The second-order valence-corrected chi connectivity index (χ2v) is 5.13. The number of nitrogens with zero attached hydrogens (tertiary/aromatic N) is 1. The van der Waals surface area contributed by atoms with Crippen molar-refractivity contribution in [1.82, 2.24) is 5.43 Å². The number of hydrogen-bond acceptors (Lipinski definition) is 5. The van der Waals surface area contributed by atoms with Crippen molar-refractivity contribution in [3.05, 3.63) is 65.7 Å². The van der Waals surface area contributed by atoms with Crippen molar-refractivity contribution in [3.63, 3.8) is 0 Å². The third kappa shape index (κ3) is 2.98. The molecule has 0 aliphatic heterocycles. The molecule has 3 aromatic carbocycles. The number of amides is 1. The molecule has 0 heterocycles. The largest absolute Gasteiger partial charge is 0.508 e. The van der Waals surface area contributed by atoms with E-state index in [2.05, 4.69) is 10.5 Å². The maximum absolute atomic E-state index is 12.2. The van der Waals surface area contributed by atoms with Crippen LogP contribution in [0, 0.1) is 0 Å². The molecule has 6 nitrogen and oxygen atoms in total. The number of carbonyl (C=O) groups is 1. The monoisotopic (exact) mass is 322 g/mol. The summed E-state index contributed by atoms with van der Waals surface area (Å²) in [6.07, 6.45) is 1.24. The van der Waals surface area contributed by atoms with E-state index in [0.717, 1.165) is 5.39 Å². The highest BCUT2D eigenvalue weighted by Gasteiger charge is 2.13. The lowest BCUT2D eigenvalue weighted by atomic mass is 10.1. The van der Waals surface area contributed by atoms with Crippen LogP contribution in [0.2, 0.25) is 0 Å². The van der Waals surface area contributed by atoms with Crippen LogP contribution in [0.25, 0.3) is 10.8 Å². The van der Waals surface area contributed by atoms with Gasteiger partial charge in [-0.05, 0) is 23.6 Å². The standard InChI is InChI=1S/C18H14N2O4/c21-13-7-5-12(16(22)9-13)10-19-20-18(24)15-8-6-11-3-1-2-4-14(11)17(15)23/h1-10,21-23H,(H,20,24). The quantitative estimate of drug-likeness (QED) is 0.440. The van der Waals surface area contributed by atoms with Gasteiger partial charge in [-0.2, -0.15) is 5.10 Å². The van der Waals surface area contributed by atoms with Gasteiger partial charge >= 0.3 is 0 Å². The first-order chi connectivity index (χ1) is 11.6. The van der Waals surface area contributed by atoms with Crippen LogP contribution in [0.4, 0.5) is 0 Å². The van der Waals surface area contributed by atoms with Gasteiger partial charge in [0.2, 0.25) is 0 Å². The Balaban J connectivity index is 1.80. The van der Waals surface area contributed by atoms with Crippen molar-refractivity contribution in [2.24, 2.45) is 5.10 Å². The zero-order chi connectivity index (χ0) is 17.1. The molecule has 0 saturated heterocycles. The first kappa shape index (κ1) is 15.4. The molecule has 4 N–H and O–H groups in total. The van der Waals surface area contributed by atoms with E-state index >= 15 is 0 Å². The van der Waals surface area contributed by atoms with E-state index in [4.69, 9.17) is 0 Å². The summed E-state index contributed by atoms with van der Waals surface area (Å²) in [7, 11) is 0. The van der Waals surface area contributed by atoms with Crippen LogP contribution in [0.1, 0.15) is 15.9 Å². The summed E-state index contributed by atoms with van der Waals surface area (Å²) in [4.78, 5) is 12.2. The molecule has 0 unspecified atom stereocenters. The minimum Gasteiger partial charge on any atom is -0.508 e. The Labute approximate surface area is 137 Å². The molecule has 0 saturated carbocycles. The Hall–Kier alpha value is -3.54. The molecule has 0 radical (unpaired) electrons. The molecule has 120 valence electrons. The Morgan fingerprint density at radius 3 is 2.58 bits per heavy atom. The van der Waals surface area contributed by atoms with E-state index < -0.39 is 5.91 Å². The SMILES string of the molecule is O=C(NN=Cc1ccc(O)cc1O)c1ccc2ccccc2c1O. The number of rotatable bonds is 3. The summed E-state index contributed by atoms with van der Waals surface area (Å²) in [6, 6.07) is 14.4. The van der Waals surface area contributed by atoms with E-state index in [1.807, 2.05) is 12.1 Å². The Morgan fingerprint density at radius 1 is 1.00 bits per heavy atom. The third-order valence-electron chi connectivity index (χ3n) is 3.53. The summed E-state index contributed by atoms with van der Waals surface area (Å²) < 4.78 is 0. The average molecular weight is 322 g/mol. The van der Waals surface area contributed by atoms with Gasteiger partial charge in [-0.3, -0.25) is 4.79 Å². The summed E-state index contributed by atoms with van der Waals surface area (Å²) >= 11 is 0. The highest BCUT2D eigenvalue weighted by molar-refractivity contribution is 6.03. The number of carbonyl (C=O) groups excluding carboxylic acids is 1. The molecule has 3 aromatic rings. The van der Waals surface area contributed by atoms with Crippen LogP contribution in [-0.4, -0.2) is 27.4 Å². The third-order valence-corrected chi connectivity index (χ3v) is 3.53. The van der Waals surface area contributed by atoms with Gasteiger partial charge in [-0.25, -0.2) is 5.43 Å². The van der Waals surface area contributed by atoms with Gasteiger partial charge in [-0.1, -0.05) is 30.3 Å². The molecule has 3 rings (SSSR count). The maximum atomic E-state index is 12.2. The molecule has 0 aromatic heterocycles. The van der Waals surface area contributed by atoms with Crippen molar-refractivity contribution in [3.8, 4) is 17.2 Å². The number of hydrogen-bond donors (Lipinski definition) is 4. The first-order valence-corrected chi connectivity index (χ1v) is 7.12. The van der Waals surface area contributed by atoms with E-state index in [0.29, 0.717) is 10.9 Å². The number of benzene rings is 3. The summed E-state index contributed by atoms with van der Waals surface area (Å²) in [5.41, 5.74) is 2.72. The molecule has 24 heavy (non-hydrogen) atoms. The number of phenols is 3. The Bertz CT molecular complexity index is 951. The van der Waals surface area contributed by atoms with E-state index in [1.54, 1.807) is 18.2 Å². The highest BCUT2D eigenvalue weighted by Crippen LogP contribution is 2.28. The number of fused-ring (bicyclic) bond motifs is 1. The molecule has 0 aliphatic rings. The number of phenolic OH excluding ortho intramolecular Hbond substituents is 3. The number of nitrogens with one attached hydrogen (secondary N) is 1. The van der Waals surface area contributed by atoms with E-state index in [9.17, 15) is 20.1 Å². The lowest BCUT2D eigenvalue weighted by Gasteiger charge is -2.06. The van der Waals surface area contributed by atoms with Crippen LogP contribution < -0.4 is 5.43 Å². The van der Waals surface area contributed by atoms with Crippen molar-refractivity contribution < 1.29 is 20.1 Å².